The Labute approximate surface area is 122 Å². The lowest BCUT2D eigenvalue weighted by atomic mass is 10.1. The minimum Gasteiger partial charge on any atom is -0.326 e. The molecule has 0 bridgehead atoms. The number of rotatable bonds is 6. The third-order valence-electron chi connectivity index (χ3n) is 3.01. The lowest BCUT2D eigenvalue weighted by molar-refractivity contribution is 0.581. The molecule has 5 nitrogen and oxygen atoms in total. The maximum atomic E-state index is 12.2. The number of hydrogen-bond acceptors (Lipinski definition) is 5. The van der Waals surface area contributed by atoms with Crippen molar-refractivity contribution in [1.29, 1.82) is 0 Å². The molecule has 0 fully saturated rings. The number of aromatic nitrogens is 1. The number of nitrogens with zero attached hydrogens (tertiary/aromatic N) is 1. The van der Waals surface area contributed by atoms with Crippen LogP contribution in [0.5, 0.6) is 0 Å². The van der Waals surface area contributed by atoms with Crippen molar-refractivity contribution in [1.82, 2.24) is 9.71 Å². The Morgan fingerprint density at radius 1 is 1.35 bits per heavy atom. The van der Waals surface area contributed by atoms with E-state index in [1.165, 1.54) is 11.3 Å². The summed E-state index contributed by atoms with van der Waals surface area (Å²) in [4.78, 5) is 5.04. The Morgan fingerprint density at radius 3 is 2.75 bits per heavy atom. The summed E-state index contributed by atoms with van der Waals surface area (Å²) in [6.07, 6.45) is 2.49. The number of nitrogens with two attached hydrogens (primary N) is 1. The molecule has 1 heterocycles. The molecule has 0 saturated carbocycles. The van der Waals surface area contributed by atoms with E-state index in [1.807, 2.05) is 13.0 Å². The molecular weight excluding hydrogens is 294 g/mol. The molecule has 1 aromatic heterocycles. The van der Waals surface area contributed by atoms with Gasteiger partial charge in [-0.15, -0.1) is 11.3 Å². The number of thiazole rings is 1. The fourth-order valence-corrected chi connectivity index (χ4v) is 3.57. The second-order valence-corrected chi connectivity index (χ2v) is 7.02. The van der Waals surface area contributed by atoms with E-state index in [9.17, 15) is 8.42 Å². The molecule has 0 saturated heterocycles. The smallest absolute Gasteiger partial charge is 0.240 e. The molecule has 3 N–H and O–H groups in total. The Balaban J connectivity index is 2.20. The average molecular weight is 311 g/mol. The average Bonchev–Trinajstić information content (AvgIpc) is 2.97. The molecule has 0 unspecified atom stereocenters. The van der Waals surface area contributed by atoms with Crippen molar-refractivity contribution >= 4 is 21.4 Å². The molecule has 20 heavy (non-hydrogen) atoms. The second-order valence-electron chi connectivity index (χ2n) is 4.28. The van der Waals surface area contributed by atoms with Gasteiger partial charge in [0.2, 0.25) is 10.0 Å². The fraction of sp³-hybridized carbons (Fsp3) is 0.308. The summed E-state index contributed by atoms with van der Waals surface area (Å²) in [6, 6.07) is 5.09. The van der Waals surface area contributed by atoms with E-state index in [0.29, 0.717) is 6.54 Å². The number of nitrogens with one attached hydrogen (secondary N) is 1. The quantitative estimate of drug-likeness (QED) is 0.849. The van der Waals surface area contributed by atoms with Gasteiger partial charge in [0.25, 0.3) is 0 Å². The van der Waals surface area contributed by atoms with Crippen molar-refractivity contribution in [3.63, 3.8) is 0 Å². The van der Waals surface area contributed by atoms with Gasteiger partial charge in [0.15, 0.2) is 0 Å². The van der Waals surface area contributed by atoms with Gasteiger partial charge >= 0.3 is 0 Å². The van der Waals surface area contributed by atoms with E-state index < -0.39 is 10.0 Å². The van der Waals surface area contributed by atoms with Crippen molar-refractivity contribution < 1.29 is 8.42 Å². The molecular formula is C13H17N3O2S2. The molecule has 0 spiro atoms. The van der Waals surface area contributed by atoms with Gasteiger partial charge in [-0.1, -0.05) is 13.0 Å². The highest BCUT2D eigenvalue weighted by Gasteiger charge is 2.15. The summed E-state index contributed by atoms with van der Waals surface area (Å²) in [5.41, 5.74) is 9.29. The van der Waals surface area contributed by atoms with Crippen LogP contribution in [0.15, 0.2) is 34.8 Å². The first-order valence-corrected chi connectivity index (χ1v) is 8.62. The van der Waals surface area contributed by atoms with Crippen LogP contribution in [0.25, 0.3) is 0 Å². The first-order valence-electron chi connectivity index (χ1n) is 6.25. The minimum absolute atomic E-state index is 0.250. The van der Waals surface area contributed by atoms with Crippen LogP contribution in [-0.2, 0) is 29.5 Å². The molecule has 0 aliphatic carbocycles. The molecule has 2 aromatic rings. The third-order valence-corrected chi connectivity index (χ3v) is 5.19. The summed E-state index contributed by atoms with van der Waals surface area (Å²) in [5.74, 6) is 0. The Bertz CT molecular complexity index is 667. The van der Waals surface area contributed by atoms with Gasteiger partial charge in [-0.05, 0) is 29.7 Å². The number of benzene rings is 1. The Morgan fingerprint density at radius 2 is 2.15 bits per heavy atom. The molecule has 0 aliphatic rings. The first-order chi connectivity index (χ1) is 9.56. The van der Waals surface area contributed by atoms with Crippen molar-refractivity contribution in [2.45, 2.75) is 31.3 Å². The summed E-state index contributed by atoms with van der Waals surface area (Å²) in [5, 5.41) is 0. The maximum Gasteiger partial charge on any atom is 0.240 e. The summed E-state index contributed by atoms with van der Waals surface area (Å²) < 4.78 is 27.0. The van der Waals surface area contributed by atoms with Gasteiger partial charge in [0, 0.05) is 24.2 Å². The molecule has 0 aliphatic heterocycles. The van der Waals surface area contributed by atoms with E-state index >= 15 is 0 Å². The molecule has 1 aromatic carbocycles. The lowest BCUT2D eigenvalue weighted by Crippen LogP contribution is -2.23. The third kappa shape index (κ3) is 3.43. The van der Waals surface area contributed by atoms with Gasteiger partial charge in [0.05, 0.1) is 10.4 Å². The van der Waals surface area contributed by atoms with Gasteiger partial charge in [-0.25, -0.2) is 13.1 Å². The monoisotopic (exact) mass is 311 g/mol. The van der Waals surface area contributed by atoms with Crippen molar-refractivity contribution in [3.8, 4) is 0 Å². The lowest BCUT2D eigenvalue weighted by Gasteiger charge is -2.10. The van der Waals surface area contributed by atoms with Crippen LogP contribution < -0.4 is 10.5 Å². The predicted octanol–water partition coefficient (Wildman–Crippen LogP) is 1.64. The second kappa shape index (κ2) is 6.45. The number of sulfonamides is 1. The normalized spacial score (nSPS) is 11.7. The zero-order chi connectivity index (χ0) is 14.6. The van der Waals surface area contributed by atoms with E-state index in [-0.39, 0.29) is 11.4 Å². The van der Waals surface area contributed by atoms with Gasteiger partial charge in [0.1, 0.15) is 0 Å². The molecule has 0 radical (unpaired) electrons. The van der Waals surface area contributed by atoms with E-state index in [1.54, 1.807) is 23.8 Å². The van der Waals surface area contributed by atoms with Crippen LogP contribution in [0.4, 0.5) is 0 Å². The molecule has 7 heteroatoms. The number of aryl methyl sites for hydroxylation is 1. The van der Waals surface area contributed by atoms with Crippen molar-refractivity contribution in [2.24, 2.45) is 5.73 Å². The van der Waals surface area contributed by atoms with Crippen LogP contribution >= 0.6 is 11.3 Å². The van der Waals surface area contributed by atoms with Crippen LogP contribution in [0.3, 0.4) is 0 Å². The maximum absolute atomic E-state index is 12.2. The van der Waals surface area contributed by atoms with E-state index in [4.69, 9.17) is 5.73 Å². The molecule has 0 amide bonds. The number of hydrogen-bond donors (Lipinski definition) is 2. The van der Waals surface area contributed by atoms with Crippen LogP contribution in [0.2, 0.25) is 0 Å². The highest BCUT2D eigenvalue weighted by atomic mass is 32.2. The summed E-state index contributed by atoms with van der Waals surface area (Å²) in [6.45, 7) is 2.60. The highest BCUT2D eigenvalue weighted by molar-refractivity contribution is 7.89. The fourth-order valence-electron chi connectivity index (χ4n) is 1.88. The predicted molar refractivity (Wildman–Crippen MR) is 79.9 cm³/mol. The summed E-state index contributed by atoms with van der Waals surface area (Å²) in [7, 11) is -3.52. The highest BCUT2D eigenvalue weighted by Crippen LogP contribution is 2.17. The standard InChI is InChI=1S/C13H17N3O2S2/c1-2-10-3-4-13(5-11(10)6-14)20(17,18)16-8-12-7-15-9-19-12/h3-5,7,9,16H,2,6,8,14H2,1H3. The topological polar surface area (TPSA) is 85.1 Å². The zero-order valence-electron chi connectivity index (χ0n) is 11.2. The van der Waals surface area contributed by atoms with Gasteiger partial charge in [-0.3, -0.25) is 4.98 Å². The molecule has 0 atom stereocenters. The van der Waals surface area contributed by atoms with Gasteiger partial charge in [-0.2, -0.15) is 0 Å². The largest absolute Gasteiger partial charge is 0.326 e. The Kier molecular flexibility index (Phi) is 4.87. The molecule has 2 rings (SSSR count). The van der Waals surface area contributed by atoms with E-state index in [0.717, 1.165) is 22.4 Å². The first kappa shape index (κ1) is 15.1. The zero-order valence-corrected chi connectivity index (χ0v) is 12.8. The van der Waals surface area contributed by atoms with Gasteiger partial charge < -0.3 is 5.73 Å². The van der Waals surface area contributed by atoms with E-state index in [2.05, 4.69) is 9.71 Å². The minimum atomic E-state index is -3.52. The summed E-state index contributed by atoms with van der Waals surface area (Å²) >= 11 is 1.41. The van der Waals surface area contributed by atoms with Crippen LogP contribution in [-0.4, -0.2) is 13.4 Å². The van der Waals surface area contributed by atoms with Crippen LogP contribution in [0.1, 0.15) is 22.9 Å². The van der Waals surface area contributed by atoms with Crippen molar-refractivity contribution in [2.75, 3.05) is 0 Å². The van der Waals surface area contributed by atoms with Crippen molar-refractivity contribution in [3.05, 3.63) is 45.9 Å². The Hall–Kier alpha value is -1.28. The SMILES string of the molecule is CCc1ccc(S(=O)(=O)NCc2cncs2)cc1CN. The molecule has 108 valence electrons. The van der Waals surface area contributed by atoms with Crippen LogP contribution in [0, 0.1) is 0 Å².